The van der Waals surface area contributed by atoms with Gasteiger partial charge < -0.3 is 5.32 Å². The van der Waals surface area contributed by atoms with Crippen LogP contribution < -0.4 is 10.6 Å². The average molecular weight is 334 g/mol. The number of carbonyl (C=O) groups excluding carboxylic acids is 2. The number of urea groups is 1. The van der Waals surface area contributed by atoms with Crippen molar-refractivity contribution >= 4 is 39.5 Å². The number of halogens is 2. The average Bonchev–Trinajstić information content (AvgIpc) is 2.28. The Balaban J connectivity index is 2.57. The van der Waals surface area contributed by atoms with Crippen LogP contribution in [0.3, 0.4) is 0 Å². The number of amides is 3. The van der Waals surface area contributed by atoms with Gasteiger partial charge in [-0.2, -0.15) is 0 Å². The van der Waals surface area contributed by atoms with Gasteiger partial charge in [-0.25, -0.2) is 4.79 Å². The van der Waals surface area contributed by atoms with Gasteiger partial charge in [-0.05, 0) is 31.5 Å². The second-order valence-electron chi connectivity index (χ2n) is 3.86. The maximum absolute atomic E-state index is 11.5. The maximum atomic E-state index is 11.5. The minimum atomic E-state index is -0.739. The Bertz CT molecular complexity index is 451. The second-order valence-corrected chi connectivity index (χ2v) is 5.43. The second kappa shape index (κ2) is 6.75. The van der Waals surface area contributed by atoms with E-state index in [-0.39, 0.29) is 6.04 Å². The summed E-state index contributed by atoms with van der Waals surface area (Å²) in [7, 11) is 0. The first-order chi connectivity index (χ1) is 8.40. The third-order valence-electron chi connectivity index (χ3n) is 2.29. The minimum absolute atomic E-state index is 0.207. The van der Waals surface area contributed by atoms with E-state index in [0.717, 1.165) is 10.0 Å². The van der Waals surface area contributed by atoms with E-state index in [1.807, 2.05) is 31.2 Å². The number of hydrogen-bond acceptors (Lipinski definition) is 2. The van der Waals surface area contributed by atoms with Crippen LogP contribution in [0.15, 0.2) is 28.7 Å². The number of hydrogen-bond donors (Lipinski definition) is 2. The summed E-state index contributed by atoms with van der Waals surface area (Å²) in [6.45, 7) is 3.33. The van der Waals surface area contributed by atoms with Gasteiger partial charge >= 0.3 is 6.03 Å². The van der Waals surface area contributed by atoms with E-state index >= 15 is 0 Å². The Morgan fingerprint density at radius 1 is 1.33 bits per heavy atom. The molecule has 0 aliphatic carbocycles. The molecule has 0 saturated heterocycles. The number of imide groups is 1. The van der Waals surface area contributed by atoms with E-state index in [4.69, 9.17) is 11.6 Å². The van der Waals surface area contributed by atoms with Gasteiger partial charge in [-0.15, -0.1) is 11.6 Å². The number of nitrogens with one attached hydrogen (secondary N) is 2. The molecule has 1 rings (SSSR count). The molecule has 0 aromatic heterocycles. The Hall–Kier alpha value is -1.07. The van der Waals surface area contributed by atoms with Crippen molar-refractivity contribution in [1.82, 2.24) is 10.6 Å². The lowest BCUT2D eigenvalue weighted by Crippen LogP contribution is -2.43. The third kappa shape index (κ3) is 4.66. The molecule has 3 amide bonds. The number of benzene rings is 1. The molecule has 6 heteroatoms. The molecule has 0 aliphatic rings. The van der Waals surface area contributed by atoms with Crippen molar-refractivity contribution in [1.29, 1.82) is 0 Å². The quantitative estimate of drug-likeness (QED) is 0.836. The van der Waals surface area contributed by atoms with Crippen molar-refractivity contribution in [2.45, 2.75) is 25.3 Å². The summed E-state index contributed by atoms with van der Waals surface area (Å²) < 4.78 is 0.930. The molecule has 1 aromatic rings. The fourth-order valence-electron chi connectivity index (χ4n) is 1.30. The van der Waals surface area contributed by atoms with Gasteiger partial charge in [0.15, 0.2) is 0 Å². The van der Waals surface area contributed by atoms with E-state index in [2.05, 4.69) is 26.6 Å². The molecular formula is C12H14BrClN2O2. The van der Waals surface area contributed by atoms with Crippen LogP contribution in [0.4, 0.5) is 4.79 Å². The standard InChI is InChI=1S/C12H14BrClN2O2/c1-7(14)11(17)16-12(18)15-8(2)9-4-3-5-10(13)6-9/h3-8H,1-2H3,(H2,15,16,17,18). The summed E-state index contributed by atoms with van der Waals surface area (Å²) in [6.07, 6.45) is 0. The zero-order valence-corrected chi connectivity index (χ0v) is 12.4. The van der Waals surface area contributed by atoms with E-state index < -0.39 is 17.3 Å². The molecule has 98 valence electrons. The minimum Gasteiger partial charge on any atom is -0.331 e. The van der Waals surface area contributed by atoms with Crippen LogP contribution in [0.25, 0.3) is 0 Å². The maximum Gasteiger partial charge on any atom is 0.321 e. The summed E-state index contributed by atoms with van der Waals surface area (Å²) in [5.74, 6) is -0.518. The molecule has 0 heterocycles. The van der Waals surface area contributed by atoms with Gasteiger partial charge in [-0.1, -0.05) is 28.1 Å². The van der Waals surface area contributed by atoms with Gasteiger partial charge in [0.05, 0.1) is 6.04 Å². The summed E-state index contributed by atoms with van der Waals surface area (Å²) in [4.78, 5) is 22.7. The van der Waals surface area contributed by atoms with Crippen molar-refractivity contribution in [2.75, 3.05) is 0 Å². The Kier molecular flexibility index (Phi) is 5.62. The van der Waals surface area contributed by atoms with Gasteiger partial charge in [0.1, 0.15) is 5.38 Å². The molecule has 0 bridgehead atoms. The summed E-state index contributed by atoms with van der Waals surface area (Å²) in [5, 5.41) is 4.08. The van der Waals surface area contributed by atoms with Crippen LogP contribution in [0, 0.1) is 0 Å². The van der Waals surface area contributed by atoms with Gasteiger partial charge in [0.25, 0.3) is 0 Å². The fourth-order valence-corrected chi connectivity index (χ4v) is 1.77. The number of alkyl halides is 1. The number of rotatable bonds is 3. The monoisotopic (exact) mass is 332 g/mol. The predicted molar refractivity (Wildman–Crippen MR) is 74.5 cm³/mol. The van der Waals surface area contributed by atoms with Crippen LogP contribution in [-0.4, -0.2) is 17.3 Å². The lowest BCUT2D eigenvalue weighted by Gasteiger charge is -2.15. The molecule has 0 spiro atoms. The van der Waals surface area contributed by atoms with Crippen molar-refractivity contribution in [2.24, 2.45) is 0 Å². The summed E-state index contributed by atoms with van der Waals surface area (Å²) >= 11 is 8.90. The van der Waals surface area contributed by atoms with Crippen LogP contribution in [0.5, 0.6) is 0 Å². The smallest absolute Gasteiger partial charge is 0.321 e. The van der Waals surface area contributed by atoms with Crippen LogP contribution in [0.2, 0.25) is 0 Å². The zero-order valence-electron chi connectivity index (χ0n) is 10.0. The van der Waals surface area contributed by atoms with Crippen LogP contribution in [-0.2, 0) is 4.79 Å². The lowest BCUT2D eigenvalue weighted by molar-refractivity contribution is -0.119. The fraction of sp³-hybridized carbons (Fsp3) is 0.333. The van der Waals surface area contributed by atoms with Gasteiger partial charge in [0, 0.05) is 4.47 Å². The van der Waals surface area contributed by atoms with Crippen LogP contribution in [0.1, 0.15) is 25.5 Å². The van der Waals surface area contributed by atoms with Crippen molar-refractivity contribution in [3.63, 3.8) is 0 Å². The molecule has 0 fully saturated rings. The molecule has 4 nitrogen and oxygen atoms in total. The topological polar surface area (TPSA) is 58.2 Å². The van der Waals surface area contributed by atoms with Gasteiger partial charge in [0.2, 0.25) is 5.91 Å². The highest BCUT2D eigenvalue weighted by molar-refractivity contribution is 9.10. The van der Waals surface area contributed by atoms with Crippen molar-refractivity contribution in [3.05, 3.63) is 34.3 Å². The van der Waals surface area contributed by atoms with Gasteiger partial charge in [-0.3, -0.25) is 10.1 Å². The molecule has 1 aromatic carbocycles. The highest BCUT2D eigenvalue weighted by atomic mass is 79.9. The number of carbonyl (C=O) groups is 2. The van der Waals surface area contributed by atoms with Crippen LogP contribution >= 0.6 is 27.5 Å². The normalized spacial score (nSPS) is 13.6. The molecule has 2 N–H and O–H groups in total. The van der Waals surface area contributed by atoms with Crippen molar-refractivity contribution in [3.8, 4) is 0 Å². The summed E-state index contributed by atoms with van der Waals surface area (Å²) in [6, 6.07) is 6.80. The first-order valence-corrected chi connectivity index (χ1v) is 6.64. The molecule has 2 atom stereocenters. The van der Waals surface area contributed by atoms with Crippen molar-refractivity contribution < 1.29 is 9.59 Å². The van der Waals surface area contributed by atoms with E-state index in [0.29, 0.717) is 0 Å². The Morgan fingerprint density at radius 3 is 2.56 bits per heavy atom. The highest BCUT2D eigenvalue weighted by Gasteiger charge is 2.15. The molecule has 0 aliphatic heterocycles. The first-order valence-electron chi connectivity index (χ1n) is 5.41. The largest absolute Gasteiger partial charge is 0.331 e. The summed E-state index contributed by atoms with van der Waals surface area (Å²) in [5.41, 5.74) is 0.936. The van der Waals surface area contributed by atoms with E-state index in [1.165, 1.54) is 6.92 Å². The molecule has 2 unspecified atom stereocenters. The third-order valence-corrected chi connectivity index (χ3v) is 2.99. The molecule has 0 saturated carbocycles. The Morgan fingerprint density at radius 2 is 2.00 bits per heavy atom. The van der Waals surface area contributed by atoms with E-state index in [9.17, 15) is 9.59 Å². The Labute approximate surface area is 119 Å². The SMILES string of the molecule is CC(Cl)C(=O)NC(=O)NC(C)c1cccc(Br)c1. The lowest BCUT2D eigenvalue weighted by atomic mass is 10.1. The highest BCUT2D eigenvalue weighted by Crippen LogP contribution is 2.17. The first kappa shape index (κ1) is 15.0. The zero-order chi connectivity index (χ0) is 13.7. The predicted octanol–water partition coefficient (Wildman–Crippen LogP) is 2.96. The molecular weight excluding hydrogens is 320 g/mol. The van der Waals surface area contributed by atoms with E-state index in [1.54, 1.807) is 0 Å². The molecule has 0 radical (unpaired) electrons. The molecule has 18 heavy (non-hydrogen) atoms.